The fraction of sp³-hybridized carbons (Fsp3) is 0.238. The summed E-state index contributed by atoms with van der Waals surface area (Å²) in [7, 11) is 0. The quantitative estimate of drug-likeness (QED) is 0.746. The smallest absolute Gasteiger partial charge is 0.232 e. The topological polar surface area (TPSA) is 37.4 Å². The SMILES string of the molecule is O=C1CCCC2=C1C(c1cccc(F)c1)CC(=O)N2c1ccc(Cl)cc1. The molecule has 0 spiro atoms. The molecule has 0 aromatic heterocycles. The van der Waals surface area contributed by atoms with Gasteiger partial charge in [-0.3, -0.25) is 14.5 Å². The first-order valence-corrected chi connectivity index (χ1v) is 9.02. The van der Waals surface area contributed by atoms with Crippen LogP contribution in [0.5, 0.6) is 0 Å². The van der Waals surface area contributed by atoms with Crippen LogP contribution in [-0.2, 0) is 9.59 Å². The van der Waals surface area contributed by atoms with E-state index in [9.17, 15) is 14.0 Å². The van der Waals surface area contributed by atoms with Crippen LogP contribution in [0.2, 0.25) is 5.02 Å². The summed E-state index contributed by atoms with van der Waals surface area (Å²) < 4.78 is 13.7. The van der Waals surface area contributed by atoms with Gasteiger partial charge in [-0.2, -0.15) is 0 Å². The van der Waals surface area contributed by atoms with Crippen LogP contribution in [0.25, 0.3) is 0 Å². The first kappa shape index (κ1) is 17.0. The Morgan fingerprint density at radius 1 is 1.04 bits per heavy atom. The number of carbonyl (C=O) groups is 2. The van der Waals surface area contributed by atoms with Gasteiger partial charge in [-0.1, -0.05) is 23.7 Å². The Labute approximate surface area is 156 Å². The van der Waals surface area contributed by atoms with E-state index < -0.39 is 0 Å². The van der Waals surface area contributed by atoms with Gasteiger partial charge >= 0.3 is 0 Å². The van der Waals surface area contributed by atoms with E-state index >= 15 is 0 Å². The van der Waals surface area contributed by atoms with Gasteiger partial charge in [-0.15, -0.1) is 0 Å². The molecule has 2 aromatic rings. The maximum absolute atomic E-state index is 13.7. The summed E-state index contributed by atoms with van der Waals surface area (Å²) >= 11 is 5.96. The molecule has 1 unspecified atom stereocenters. The van der Waals surface area contributed by atoms with Crippen molar-refractivity contribution in [3.63, 3.8) is 0 Å². The van der Waals surface area contributed by atoms with Crippen molar-refractivity contribution in [3.05, 3.63) is 76.2 Å². The first-order chi connectivity index (χ1) is 12.5. The molecule has 4 rings (SSSR count). The van der Waals surface area contributed by atoms with E-state index in [-0.39, 0.29) is 29.8 Å². The summed E-state index contributed by atoms with van der Waals surface area (Å²) in [6, 6.07) is 13.2. The van der Waals surface area contributed by atoms with Gasteiger partial charge < -0.3 is 0 Å². The number of allylic oxidation sites excluding steroid dienone is 2. The van der Waals surface area contributed by atoms with E-state index in [1.54, 1.807) is 41.3 Å². The molecule has 2 aliphatic rings. The minimum atomic E-state index is -0.385. The fourth-order valence-corrected chi connectivity index (χ4v) is 4.02. The Morgan fingerprint density at radius 2 is 1.81 bits per heavy atom. The van der Waals surface area contributed by atoms with Gasteiger partial charge in [0.05, 0.1) is 0 Å². The highest BCUT2D eigenvalue weighted by atomic mass is 35.5. The van der Waals surface area contributed by atoms with Gasteiger partial charge in [0.25, 0.3) is 0 Å². The molecule has 3 nitrogen and oxygen atoms in total. The maximum atomic E-state index is 13.7. The highest BCUT2D eigenvalue weighted by molar-refractivity contribution is 6.30. The monoisotopic (exact) mass is 369 g/mol. The molecule has 0 saturated heterocycles. The van der Waals surface area contributed by atoms with Gasteiger partial charge in [-0.05, 0) is 54.8 Å². The molecule has 0 saturated carbocycles. The standard InChI is InChI=1S/C21H17ClFNO2/c22-14-7-9-16(10-8-14)24-18-5-2-6-19(25)21(18)17(12-20(24)26)13-3-1-4-15(23)11-13/h1,3-4,7-11,17H,2,5-6,12H2. The fourth-order valence-electron chi connectivity index (χ4n) is 3.89. The minimum Gasteiger partial charge on any atom is -0.294 e. The van der Waals surface area contributed by atoms with Crippen LogP contribution in [0.1, 0.15) is 37.2 Å². The number of hydrogen-bond donors (Lipinski definition) is 0. The number of hydrogen-bond acceptors (Lipinski definition) is 2. The molecular weight excluding hydrogens is 353 g/mol. The number of ketones is 1. The summed E-state index contributed by atoms with van der Waals surface area (Å²) in [5.74, 6) is -0.785. The van der Waals surface area contributed by atoms with Crippen molar-refractivity contribution in [1.82, 2.24) is 0 Å². The van der Waals surface area contributed by atoms with Gasteiger partial charge in [0.15, 0.2) is 5.78 Å². The molecule has 132 valence electrons. The van der Waals surface area contributed by atoms with Crippen LogP contribution in [0.3, 0.4) is 0 Å². The molecule has 1 heterocycles. The summed E-state index contributed by atoms with van der Waals surface area (Å²) in [4.78, 5) is 27.3. The number of carbonyl (C=O) groups excluding carboxylic acids is 2. The Kier molecular flexibility index (Phi) is 4.37. The second kappa shape index (κ2) is 6.69. The average Bonchev–Trinajstić information content (AvgIpc) is 2.62. The summed E-state index contributed by atoms with van der Waals surface area (Å²) in [6.45, 7) is 0. The van der Waals surface area contributed by atoms with Crippen molar-refractivity contribution >= 4 is 29.0 Å². The van der Waals surface area contributed by atoms with Crippen molar-refractivity contribution in [1.29, 1.82) is 0 Å². The molecule has 26 heavy (non-hydrogen) atoms. The van der Waals surface area contributed by atoms with Gasteiger partial charge in [0, 0.05) is 40.7 Å². The number of halogens is 2. The molecule has 0 radical (unpaired) electrons. The second-order valence-electron chi connectivity index (χ2n) is 6.65. The van der Waals surface area contributed by atoms with Crippen molar-refractivity contribution < 1.29 is 14.0 Å². The third-order valence-corrected chi connectivity index (χ3v) is 5.26. The molecule has 5 heteroatoms. The largest absolute Gasteiger partial charge is 0.294 e. The summed E-state index contributed by atoms with van der Waals surface area (Å²) in [6.07, 6.45) is 1.98. The predicted octanol–water partition coefficient (Wildman–Crippen LogP) is 5.01. The van der Waals surface area contributed by atoms with Gasteiger partial charge in [0.1, 0.15) is 5.82 Å². The molecule has 0 bridgehead atoms. The minimum absolute atomic E-state index is 0.0481. The number of nitrogens with zero attached hydrogens (tertiary/aromatic N) is 1. The molecule has 1 aliphatic carbocycles. The Hall–Kier alpha value is -2.46. The van der Waals surface area contributed by atoms with E-state index in [0.29, 0.717) is 41.1 Å². The molecular formula is C21H17ClFNO2. The van der Waals surface area contributed by atoms with E-state index in [1.807, 2.05) is 0 Å². The van der Waals surface area contributed by atoms with Crippen LogP contribution in [0.15, 0.2) is 59.8 Å². The second-order valence-corrected chi connectivity index (χ2v) is 7.09. The number of anilines is 1. The van der Waals surface area contributed by atoms with Crippen molar-refractivity contribution in [2.24, 2.45) is 0 Å². The number of benzene rings is 2. The zero-order valence-corrected chi connectivity index (χ0v) is 14.8. The molecule has 1 atom stereocenters. The van der Waals surface area contributed by atoms with Gasteiger partial charge in [0.2, 0.25) is 5.91 Å². The highest BCUT2D eigenvalue weighted by Crippen LogP contribution is 2.43. The third kappa shape index (κ3) is 2.95. The van der Waals surface area contributed by atoms with Crippen LogP contribution < -0.4 is 4.90 Å². The Bertz CT molecular complexity index is 920. The first-order valence-electron chi connectivity index (χ1n) is 8.65. The lowest BCUT2D eigenvalue weighted by Crippen LogP contribution is -2.40. The zero-order valence-electron chi connectivity index (χ0n) is 14.0. The van der Waals surface area contributed by atoms with Crippen LogP contribution in [0.4, 0.5) is 10.1 Å². The number of amides is 1. The van der Waals surface area contributed by atoms with Crippen molar-refractivity contribution in [2.75, 3.05) is 4.90 Å². The number of Topliss-reactive ketones (excluding diaryl/α,β-unsaturated/α-hetero) is 1. The van der Waals surface area contributed by atoms with Crippen LogP contribution in [0, 0.1) is 5.82 Å². The highest BCUT2D eigenvalue weighted by Gasteiger charge is 2.39. The Morgan fingerprint density at radius 3 is 2.54 bits per heavy atom. The molecule has 2 aromatic carbocycles. The van der Waals surface area contributed by atoms with Gasteiger partial charge in [-0.25, -0.2) is 4.39 Å². The van der Waals surface area contributed by atoms with Crippen LogP contribution in [-0.4, -0.2) is 11.7 Å². The summed E-state index contributed by atoms with van der Waals surface area (Å²) in [5.41, 5.74) is 2.78. The molecule has 1 aliphatic heterocycles. The van der Waals surface area contributed by atoms with E-state index in [0.717, 1.165) is 5.70 Å². The van der Waals surface area contributed by atoms with E-state index in [1.165, 1.54) is 12.1 Å². The normalized spacial score (nSPS) is 20.4. The molecule has 0 fully saturated rings. The van der Waals surface area contributed by atoms with Crippen molar-refractivity contribution in [3.8, 4) is 0 Å². The van der Waals surface area contributed by atoms with Crippen LogP contribution >= 0.6 is 11.6 Å². The maximum Gasteiger partial charge on any atom is 0.232 e. The summed E-state index contributed by atoms with van der Waals surface area (Å²) in [5, 5.41) is 0.588. The lowest BCUT2D eigenvalue weighted by molar-refractivity contribution is -0.119. The lowest BCUT2D eigenvalue weighted by atomic mass is 9.77. The van der Waals surface area contributed by atoms with E-state index in [2.05, 4.69) is 0 Å². The zero-order chi connectivity index (χ0) is 18.3. The Balaban J connectivity index is 1.85. The lowest BCUT2D eigenvalue weighted by Gasteiger charge is -2.38. The molecule has 0 N–H and O–H groups in total. The number of rotatable bonds is 2. The molecule has 1 amide bonds. The average molecular weight is 370 g/mol. The third-order valence-electron chi connectivity index (χ3n) is 5.01. The van der Waals surface area contributed by atoms with Crippen molar-refractivity contribution in [2.45, 2.75) is 31.6 Å². The van der Waals surface area contributed by atoms with E-state index in [4.69, 9.17) is 11.6 Å². The predicted molar refractivity (Wildman–Crippen MR) is 98.6 cm³/mol.